The molecule has 0 bridgehead atoms. The van der Waals surface area contributed by atoms with Crippen LogP contribution < -0.4 is 14.8 Å². The summed E-state index contributed by atoms with van der Waals surface area (Å²) in [6.45, 7) is 7.25. The molecule has 0 fully saturated rings. The number of ether oxygens (including phenoxy) is 2. The predicted molar refractivity (Wildman–Crippen MR) is 95.1 cm³/mol. The Kier molecular flexibility index (Phi) is 6.23. The van der Waals surface area contributed by atoms with Crippen molar-refractivity contribution in [3.05, 3.63) is 27.0 Å². The van der Waals surface area contributed by atoms with E-state index in [1.165, 1.54) is 0 Å². The molecular formula is C16H21BrN2O2S. The van der Waals surface area contributed by atoms with E-state index in [4.69, 9.17) is 14.5 Å². The smallest absolute Gasteiger partial charge is 0.137 e. The summed E-state index contributed by atoms with van der Waals surface area (Å²) < 4.78 is 12.3. The van der Waals surface area contributed by atoms with Gasteiger partial charge in [0.15, 0.2) is 0 Å². The second kappa shape index (κ2) is 7.94. The van der Waals surface area contributed by atoms with Crippen LogP contribution in [0.4, 0.5) is 0 Å². The minimum atomic E-state index is 0.237. The molecule has 22 heavy (non-hydrogen) atoms. The topological polar surface area (TPSA) is 43.4 Å². The average molecular weight is 385 g/mol. The summed E-state index contributed by atoms with van der Waals surface area (Å²) in [5, 5.41) is 6.33. The lowest BCUT2D eigenvalue weighted by molar-refractivity contribution is 0.322. The second-order valence-electron chi connectivity index (χ2n) is 4.73. The van der Waals surface area contributed by atoms with Gasteiger partial charge in [0, 0.05) is 17.0 Å². The normalized spacial score (nSPS) is 12.2. The van der Waals surface area contributed by atoms with Gasteiger partial charge in [-0.3, -0.25) is 0 Å². The zero-order chi connectivity index (χ0) is 16.1. The molecule has 0 radical (unpaired) electrons. The number of thiazole rings is 1. The van der Waals surface area contributed by atoms with Crippen LogP contribution in [-0.2, 0) is 0 Å². The summed E-state index contributed by atoms with van der Waals surface area (Å²) in [6, 6.07) is 4.17. The Labute approximate surface area is 144 Å². The van der Waals surface area contributed by atoms with Gasteiger partial charge in [-0.1, -0.05) is 0 Å². The molecule has 0 amide bonds. The van der Waals surface area contributed by atoms with Crippen molar-refractivity contribution < 1.29 is 9.47 Å². The maximum absolute atomic E-state index is 5.78. The summed E-state index contributed by atoms with van der Waals surface area (Å²) >= 11 is 5.21. The first-order valence-corrected chi connectivity index (χ1v) is 9.00. The minimum absolute atomic E-state index is 0.237. The van der Waals surface area contributed by atoms with Crippen molar-refractivity contribution in [2.75, 3.05) is 20.3 Å². The van der Waals surface area contributed by atoms with Crippen molar-refractivity contribution in [3.8, 4) is 22.8 Å². The highest BCUT2D eigenvalue weighted by Crippen LogP contribution is 2.39. The van der Waals surface area contributed by atoms with Crippen LogP contribution in [0.15, 0.2) is 22.0 Å². The van der Waals surface area contributed by atoms with Gasteiger partial charge in [-0.2, -0.15) is 0 Å². The molecule has 0 aliphatic rings. The van der Waals surface area contributed by atoms with Crippen molar-refractivity contribution >= 4 is 27.3 Å². The fraction of sp³-hybridized carbons (Fsp3) is 0.438. The van der Waals surface area contributed by atoms with Gasteiger partial charge in [-0.05, 0) is 49.8 Å². The van der Waals surface area contributed by atoms with Crippen molar-refractivity contribution in [2.45, 2.75) is 26.8 Å². The van der Waals surface area contributed by atoms with E-state index in [0.717, 1.165) is 32.2 Å². The van der Waals surface area contributed by atoms with Crippen LogP contribution in [0.3, 0.4) is 0 Å². The Balaban J connectivity index is 2.44. The van der Waals surface area contributed by atoms with Gasteiger partial charge in [-0.15, -0.1) is 11.3 Å². The fourth-order valence-corrected chi connectivity index (χ4v) is 3.35. The summed E-state index contributed by atoms with van der Waals surface area (Å²) in [5.74, 6) is 1.58. The standard InChI is InChI=1S/C16H21BrN2O2S/c1-5-20-14-8-15(21-6-2)12(17)7-11(14)13-9-22-16(19-13)10(3)18-4/h7-10,18H,5-6H2,1-4H3. The monoisotopic (exact) mass is 384 g/mol. The van der Waals surface area contributed by atoms with Gasteiger partial charge in [0.1, 0.15) is 16.5 Å². The third-order valence-corrected chi connectivity index (χ3v) is 4.88. The number of benzene rings is 1. The van der Waals surface area contributed by atoms with Crippen LogP contribution in [0.5, 0.6) is 11.5 Å². The molecular weight excluding hydrogens is 364 g/mol. The van der Waals surface area contributed by atoms with E-state index in [-0.39, 0.29) is 6.04 Å². The number of nitrogens with zero attached hydrogens (tertiary/aromatic N) is 1. The van der Waals surface area contributed by atoms with Crippen molar-refractivity contribution in [1.82, 2.24) is 10.3 Å². The Morgan fingerprint density at radius 2 is 1.91 bits per heavy atom. The first kappa shape index (κ1) is 17.2. The lowest BCUT2D eigenvalue weighted by Crippen LogP contribution is -2.11. The molecule has 0 saturated heterocycles. The summed E-state index contributed by atoms with van der Waals surface area (Å²) in [6.07, 6.45) is 0. The van der Waals surface area contributed by atoms with Gasteiger partial charge in [-0.25, -0.2) is 4.98 Å². The lowest BCUT2D eigenvalue weighted by Gasteiger charge is -2.13. The highest BCUT2D eigenvalue weighted by Gasteiger charge is 2.16. The number of nitrogens with one attached hydrogen (secondary N) is 1. The molecule has 0 saturated carbocycles. The number of hydrogen-bond donors (Lipinski definition) is 1. The second-order valence-corrected chi connectivity index (χ2v) is 6.47. The van der Waals surface area contributed by atoms with E-state index < -0.39 is 0 Å². The summed E-state index contributed by atoms with van der Waals surface area (Å²) in [5.41, 5.74) is 1.90. The molecule has 0 spiro atoms. The van der Waals surface area contributed by atoms with Crippen molar-refractivity contribution in [3.63, 3.8) is 0 Å². The molecule has 1 aromatic heterocycles. The molecule has 6 heteroatoms. The van der Waals surface area contributed by atoms with Crippen LogP contribution in [0.1, 0.15) is 31.8 Å². The fourth-order valence-electron chi connectivity index (χ4n) is 2.01. The van der Waals surface area contributed by atoms with Gasteiger partial charge in [0.05, 0.1) is 29.4 Å². The van der Waals surface area contributed by atoms with E-state index in [1.54, 1.807) is 11.3 Å². The Bertz CT molecular complexity index is 631. The SMILES string of the molecule is CCOc1cc(OCC)c(-c2csc(C(C)NC)n2)cc1Br. The molecule has 120 valence electrons. The van der Waals surface area contributed by atoms with E-state index in [9.17, 15) is 0 Å². The predicted octanol–water partition coefficient (Wildman–Crippen LogP) is 4.65. The molecule has 1 aromatic carbocycles. The third-order valence-electron chi connectivity index (χ3n) is 3.24. The molecule has 2 aromatic rings. The van der Waals surface area contributed by atoms with Crippen LogP contribution in [0.25, 0.3) is 11.3 Å². The zero-order valence-corrected chi connectivity index (χ0v) is 15.7. The number of rotatable bonds is 7. The van der Waals surface area contributed by atoms with Crippen molar-refractivity contribution in [2.24, 2.45) is 0 Å². The van der Waals surface area contributed by atoms with Crippen LogP contribution in [-0.4, -0.2) is 25.2 Å². The van der Waals surface area contributed by atoms with Crippen LogP contribution in [0, 0.1) is 0 Å². The average Bonchev–Trinajstić information content (AvgIpc) is 2.99. The highest BCUT2D eigenvalue weighted by molar-refractivity contribution is 9.10. The van der Waals surface area contributed by atoms with E-state index in [2.05, 4.69) is 33.6 Å². The Hall–Kier alpha value is -1.11. The number of aromatic nitrogens is 1. The van der Waals surface area contributed by atoms with E-state index in [0.29, 0.717) is 13.2 Å². The van der Waals surface area contributed by atoms with Crippen molar-refractivity contribution in [1.29, 1.82) is 0 Å². The molecule has 1 heterocycles. The first-order valence-electron chi connectivity index (χ1n) is 7.32. The first-order chi connectivity index (χ1) is 10.6. The molecule has 4 nitrogen and oxygen atoms in total. The number of hydrogen-bond acceptors (Lipinski definition) is 5. The summed E-state index contributed by atoms with van der Waals surface area (Å²) in [7, 11) is 1.94. The minimum Gasteiger partial charge on any atom is -0.493 e. The van der Waals surface area contributed by atoms with E-state index >= 15 is 0 Å². The quantitative estimate of drug-likeness (QED) is 0.754. The van der Waals surface area contributed by atoms with Crippen LogP contribution >= 0.6 is 27.3 Å². The largest absolute Gasteiger partial charge is 0.493 e. The molecule has 1 N–H and O–H groups in total. The molecule has 1 atom stereocenters. The van der Waals surface area contributed by atoms with Gasteiger partial charge in [0.2, 0.25) is 0 Å². The van der Waals surface area contributed by atoms with Gasteiger partial charge < -0.3 is 14.8 Å². The van der Waals surface area contributed by atoms with Crippen LogP contribution in [0.2, 0.25) is 0 Å². The molecule has 0 aliphatic heterocycles. The lowest BCUT2D eigenvalue weighted by atomic mass is 10.1. The Morgan fingerprint density at radius 3 is 2.55 bits per heavy atom. The highest BCUT2D eigenvalue weighted by atomic mass is 79.9. The van der Waals surface area contributed by atoms with Gasteiger partial charge >= 0.3 is 0 Å². The maximum Gasteiger partial charge on any atom is 0.137 e. The van der Waals surface area contributed by atoms with E-state index in [1.807, 2.05) is 33.0 Å². The maximum atomic E-state index is 5.78. The zero-order valence-electron chi connectivity index (χ0n) is 13.3. The third kappa shape index (κ3) is 3.80. The molecule has 1 unspecified atom stereocenters. The number of halogens is 1. The molecule has 0 aliphatic carbocycles. The summed E-state index contributed by atoms with van der Waals surface area (Å²) in [4.78, 5) is 4.73. The van der Waals surface area contributed by atoms with Gasteiger partial charge in [0.25, 0.3) is 0 Å². The Morgan fingerprint density at radius 1 is 1.23 bits per heavy atom. The molecule has 2 rings (SSSR count).